The van der Waals surface area contributed by atoms with Crippen molar-refractivity contribution in [2.24, 2.45) is 0 Å². The highest BCUT2D eigenvalue weighted by molar-refractivity contribution is 6.35. The number of hydrogen-bond donors (Lipinski definition) is 0. The fourth-order valence-electron chi connectivity index (χ4n) is 5.82. The number of benzene rings is 5. The van der Waals surface area contributed by atoms with Gasteiger partial charge in [-0.3, -0.25) is 0 Å². The van der Waals surface area contributed by atoms with Crippen LogP contribution in [0, 0.1) is 0 Å². The number of nitrogens with zero attached hydrogens (tertiary/aromatic N) is 1. The lowest BCUT2D eigenvalue weighted by molar-refractivity contribution is 0.585. The van der Waals surface area contributed by atoms with E-state index in [1.54, 1.807) is 0 Å². The average Bonchev–Trinajstić information content (AvgIpc) is 3.58. The van der Waals surface area contributed by atoms with Gasteiger partial charge in [-0.2, -0.15) is 0 Å². The van der Waals surface area contributed by atoms with Gasteiger partial charge in [0.15, 0.2) is 5.58 Å². The third kappa shape index (κ3) is 2.51. The highest BCUT2D eigenvalue weighted by Crippen LogP contribution is 2.58. The molecule has 0 saturated heterocycles. The summed E-state index contributed by atoms with van der Waals surface area (Å²) in [6, 6.07) is 40.6. The Labute approximate surface area is 202 Å². The maximum atomic E-state index is 6.35. The van der Waals surface area contributed by atoms with Crippen LogP contribution in [0.5, 0.6) is 0 Å². The molecule has 8 rings (SSSR count). The molecule has 1 aromatic heterocycles. The van der Waals surface area contributed by atoms with Gasteiger partial charge >= 0.3 is 0 Å². The molecule has 2 nitrogen and oxygen atoms in total. The van der Waals surface area contributed by atoms with Crippen molar-refractivity contribution in [2.75, 3.05) is 0 Å². The number of para-hydroxylation sites is 2. The molecule has 35 heavy (non-hydrogen) atoms. The van der Waals surface area contributed by atoms with Crippen LogP contribution in [0.25, 0.3) is 44.2 Å². The van der Waals surface area contributed by atoms with Crippen molar-refractivity contribution in [3.05, 3.63) is 149 Å². The molecule has 0 radical (unpaired) electrons. The Balaban J connectivity index is 1.54. The Morgan fingerprint density at radius 1 is 0.429 bits per heavy atom. The fraction of sp³-hybridized carbons (Fsp3) is 0. The molecule has 0 atom stereocenters. The van der Waals surface area contributed by atoms with Gasteiger partial charge in [-0.25, -0.2) is 4.98 Å². The van der Waals surface area contributed by atoms with E-state index in [9.17, 15) is 0 Å². The SMILES string of the molecule is c1ccc2c(c1)C1=C(c3cccc4ccccc34)c3ccccc3C1=C2c1nc2ccccc2o1. The lowest BCUT2D eigenvalue weighted by Gasteiger charge is -2.13. The van der Waals surface area contributed by atoms with Gasteiger partial charge in [0.2, 0.25) is 5.89 Å². The minimum Gasteiger partial charge on any atom is -0.436 e. The Morgan fingerprint density at radius 2 is 0.971 bits per heavy atom. The first-order chi connectivity index (χ1) is 17.4. The summed E-state index contributed by atoms with van der Waals surface area (Å²) in [5, 5.41) is 2.51. The van der Waals surface area contributed by atoms with Crippen LogP contribution in [-0.2, 0) is 0 Å². The molecule has 0 fully saturated rings. The van der Waals surface area contributed by atoms with E-state index in [4.69, 9.17) is 9.40 Å². The molecule has 5 aromatic carbocycles. The molecule has 0 saturated carbocycles. The maximum Gasteiger partial charge on any atom is 0.228 e. The second-order valence-corrected chi connectivity index (χ2v) is 9.10. The van der Waals surface area contributed by atoms with Crippen LogP contribution in [0.15, 0.2) is 120 Å². The molecule has 2 heteroatoms. The second-order valence-electron chi connectivity index (χ2n) is 9.10. The molecule has 162 valence electrons. The molecule has 0 unspecified atom stereocenters. The third-order valence-corrected chi connectivity index (χ3v) is 7.25. The third-order valence-electron chi connectivity index (χ3n) is 7.25. The van der Waals surface area contributed by atoms with Gasteiger partial charge in [-0.05, 0) is 61.9 Å². The summed E-state index contributed by atoms with van der Waals surface area (Å²) in [5.41, 5.74) is 12.7. The predicted molar refractivity (Wildman–Crippen MR) is 143 cm³/mol. The van der Waals surface area contributed by atoms with E-state index in [-0.39, 0.29) is 0 Å². The Hall–Kier alpha value is -4.69. The lowest BCUT2D eigenvalue weighted by Crippen LogP contribution is -1.93. The number of oxazole rings is 1. The largest absolute Gasteiger partial charge is 0.436 e. The molecular formula is C33H19NO. The summed E-state index contributed by atoms with van der Waals surface area (Å²) in [5.74, 6) is 0.678. The Kier molecular flexibility index (Phi) is 3.69. The summed E-state index contributed by atoms with van der Waals surface area (Å²) in [6.07, 6.45) is 0. The zero-order valence-electron chi connectivity index (χ0n) is 18.8. The van der Waals surface area contributed by atoms with Crippen LogP contribution in [0.3, 0.4) is 0 Å². The summed E-state index contributed by atoms with van der Waals surface area (Å²) in [6.45, 7) is 0. The molecule has 0 amide bonds. The van der Waals surface area contributed by atoms with Gasteiger partial charge in [0, 0.05) is 5.57 Å². The normalized spacial score (nSPS) is 14.1. The average molecular weight is 446 g/mol. The summed E-state index contributed by atoms with van der Waals surface area (Å²) in [7, 11) is 0. The van der Waals surface area contributed by atoms with Crippen LogP contribution < -0.4 is 0 Å². The van der Waals surface area contributed by atoms with Gasteiger partial charge in [-0.15, -0.1) is 0 Å². The van der Waals surface area contributed by atoms with Crippen molar-refractivity contribution in [1.82, 2.24) is 4.98 Å². The van der Waals surface area contributed by atoms with E-state index in [0.29, 0.717) is 5.89 Å². The van der Waals surface area contributed by atoms with Gasteiger partial charge in [0.1, 0.15) is 5.52 Å². The lowest BCUT2D eigenvalue weighted by atomic mass is 9.90. The van der Waals surface area contributed by atoms with Crippen molar-refractivity contribution in [3.63, 3.8) is 0 Å². The van der Waals surface area contributed by atoms with Crippen molar-refractivity contribution in [3.8, 4) is 0 Å². The van der Waals surface area contributed by atoms with E-state index in [0.717, 1.165) is 16.7 Å². The standard InChI is InChI=1S/C33H19NO/c1-2-12-21-20(10-1)11-9-17-22(21)29-23-13-3-4-14-24(23)31-30(29)25-15-5-6-16-26(25)32(31)33-34-27-18-7-8-19-28(27)35-33/h1-19H. The van der Waals surface area contributed by atoms with Gasteiger partial charge in [-0.1, -0.05) is 103 Å². The molecule has 0 aliphatic heterocycles. The van der Waals surface area contributed by atoms with E-state index >= 15 is 0 Å². The van der Waals surface area contributed by atoms with Crippen molar-refractivity contribution in [2.45, 2.75) is 0 Å². The fourth-order valence-corrected chi connectivity index (χ4v) is 5.82. The predicted octanol–water partition coefficient (Wildman–Crippen LogP) is 8.23. The van der Waals surface area contributed by atoms with Crippen LogP contribution in [-0.4, -0.2) is 4.98 Å². The number of hydrogen-bond acceptors (Lipinski definition) is 2. The monoisotopic (exact) mass is 445 g/mol. The van der Waals surface area contributed by atoms with Crippen LogP contribution >= 0.6 is 0 Å². The number of fused-ring (bicyclic) bond motifs is 7. The van der Waals surface area contributed by atoms with Crippen molar-refractivity contribution in [1.29, 1.82) is 0 Å². The molecule has 0 bridgehead atoms. The summed E-state index contributed by atoms with van der Waals surface area (Å²) < 4.78 is 6.35. The maximum absolute atomic E-state index is 6.35. The van der Waals surface area contributed by atoms with Gasteiger partial charge < -0.3 is 4.42 Å². The molecule has 2 aliphatic carbocycles. The van der Waals surface area contributed by atoms with E-state index in [1.165, 1.54) is 55.3 Å². The highest BCUT2D eigenvalue weighted by Gasteiger charge is 2.39. The first-order valence-corrected chi connectivity index (χ1v) is 11.9. The zero-order valence-corrected chi connectivity index (χ0v) is 18.8. The molecule has 2 aliphatic rings. The number of rotatable bonds is 2. The van der Waals surface area contributed by atoms with Crippen molar-refractivity contribution < 1.29 is 4.42 Å². The van der Waals surface area contributed by atoms with Gasteiger partial charge in [0.25, 0.3) is 0 Å². The quantitative estimate of drug-likeness (QED) is 0.268. The first kappa shape index (κ1) is 18.7. The molecular weight excluding hydrogens is 426 g/mol. The van der Waals surface area contributed by atoms with Crippen LogP contribution in [0.4, 0.5) is 0 Å². The van der Waals surface area contributed by atoms with Crippen molar-refractivity contribution >= 4 is 44.2 Å². The minimum atomic E-state index is 0.678. The highest BCUT2D eigenvalue weighted by atomic mass is 16.3. The second kappa shape index (κ2) is 6.91. The Bertz CT molecular complexity index is 1860. The van der Waals surface area contributed by atoms with Gasteiger partial charge in [0.05, 0.1) is 5.57 Å². The molecule has 0 N–H and O–H groups in total. The van der Waals surface area contributed by atoms with Crippen LogP contribution in [0.1, 0.15) is 33.7 Å². The molecule has 6 aromatic rings. The van der Waals surface area contributed by atoms with E-state index in [2.05, 4.69) is 91.0 Å². The summed E-state index contributed by atoms with van der Waals surface area (Å²) in [4.78, 5) is 4.93. The number of aromatic nitrogens is 1. The number of allylic oxidation sites excluding steroid dienone is 2. The van der Waals surface area contributed by atoms with Crippen LogP contribution in [0.2, 0.25) is 0 Å². The first-order valence-electron chi connectivity index (χ1n) is 11.9. The smallest absolute Gasteiger partial charge is 0.228 e. The molecule has 1 heterocycles. The van der Waals surface area contributed by atoms with E-state index < -0.39 is 0 Å². The Morgan fingerprint density at radius 3 is 1.74 bits per heavy atom. The molecule has 0 spiro atoms. The minimum absolute atomic E-state index is 0.678. The zero-order chi connectivity index (χ0) is 22.9. The van der Waals surface area contributed by atoms with E-state index in [1.807, 2.05) is 24.3 Å². The topological polar surface area (TPSA) is 26.0 Å². The summed E-state index contributed by atoms with van der Waals surface area (Å²) >= 11 is 0.